The van der Waals surface area contributed by atoms with Gasteiger partial charge in [-0.3, -0.25) is 0 Å². The molecule has 0 amide bonds. The number of hydrogen-bond donors (Lipinski definition) is 0. The van der Waals surface area contributed by atoms with E-state index >= 15 is 0 Å². The molecule has 23 heavy (non-hydrogen) atoms. The number of nitrogens with zero attached hydrogens (tertiary/aromatic N) is 3. The Hall–Kier alpha value is -1.93. The first-order chi connectivity index (χ1) is 11.0. The van der Waals surface area contributed by atoms with Gasteiger partial charge in [-0.2, -0.15) is 0 Å². The average molecular weight is 337 g/mol. The maximum atomic E-state index is 11.7. The van der Waals surface area contributed by atoms with E-state index in [9.17, 15) is 8.42 Å². The fourth-order valence-electron chi connectivity index (χ4n) is 2.60. The standard InChI is InChI=1S/C15H19N3O4S/c1-23(19,20)18-9-5-6-12(10-18)15-17-16-14(22-15)11-21-13-7-3-2-4-8-13/h2-4,7-8,12H,5-6,9-11H2,1H3. The lowest BCUT2D eigenvalue weighted by atomic mass is 10.00. The van der Waals surface area contributed by atoms with Crippen molar-refractivity contribution in [2.45, 2.75) is 25.4 Å². The van der Waals surface area contributed by atoms with Crippen LogP contribution < -0.4 is 4.74 Å². The van der Waals surface area contributed by atoms with Crippen LogP contribution in [0.15, 0.2) is 34.7 Å². The number of rotatable bonds is 5. The predicted molar refractivity (Wildman–Crippen MR) is 83.5 cm³/mol. The Morgan fingerprint density at radius 1 is 1.30 bits per heavy atom. The summed E-state index contributed by atoms with van der Waals surface area (Å²) in [5.41, 5.74) is 0. The zero-order chi connectivity index (χ0) is 16.3. The van der Waals surface area contributed by atoms with Crippen LogP contribution in [-0.2, 0) is 16.6 Å². The molecule has 1 saturated heterocycles. The van der Waals surface area contributed by atoms with Crippen LogP contribution in [0, 0.1) is 0 Å². The van der Waals surface area contributed by atoms with Gasteiger partial charge in [0.1, 0.15) is 5.75 Å². The normalized spacial score (nSPS) is 19.6. The Morgan fingerprint density at radius 3 is 2.83 bits per heavy atom. The monoisotopic (exact) mass is 337 g/mol. The molecule has 124 valence electrons. The maximum Gasteiger partial charge on any atom is 0.253 e. The van der Waals surface area contributed by atoms with Crippen LogP contribution in [0.4, 0.5) is 0 Å². The van der Waals surface area contributed by atoms with Gasteiger partial charge in [-0.15, -0.1) is 10.2 Å². The molecule has 0 aliphatic carbocycles. The van der Waals surface area contributed by atoms with E-state index < -0.39 is 10.0 Å². The third kappa shape index (κ3) is 4.08. The number of piperidine rings is 1. The highest BCUT2D eigenvalue weighted by atomic mass is 32.2. The number of aromatic nitrogens is 2. The summed E-state index contributed by atoms with van der Waals surface area (Å²) >= 11 is 0. The van der Waals surface area contributed by atoms with E-state index in [1.807, 2.05) is 30.3 Å². The molecular weight excluding hydrogens is 318 g/mol. The number of hydrogen-bond acceptors (Lipinski definition) is 6. The highest BCUT2D eigenvalue weighted by Crippen LogP contribution is 2.27. The van der Waals surface area contributed by atoms with Crippen molar-refractivity contribution < 1.29 is 17.6 Å². The molecule has 0 N–H and O–H groups in total. The molecule has 1 aromatic carbocycles. The van der Waals surface area contributed by atoms with E-state index in [4.69, 9.17) is 9.15 Å². The van der Waals surface area contributed by atoms with Gasteiger partial charge in [-0.25, -0.2) is 12.7 Å². The molecule has 8 heteroatoms. The molecule has 1 fully saturated rings. The SMILES string of the molecule is CS(=O)(=O)N1CCCC(c2nnc(COc3ccccc3)o2)C1. The number of para-hydroxylation sites is 1. The van der Waals surface area contributed by atoms with E-state index in [0.29, 0.717) is 24.9 Å². The summed E-state index contributed by atoms with van der Waals surface area (Å²) in [6.45, 7) is 1.13. The van der Waals surface area contributed by atoms with Crippen molar-refractivity contribution in [3.63, 3.8) is 0 Å². The van der Waals surface area contributed by atoms with Gasteiger partial charge in [-0.05, 0) is 25.0 Å². The summed E-state index contributed by atoms with van der Waals surface area (Å²) in [4.78, 5) is 0. The van der Waals surface area contributed by atoms with Crippen molar-refractivity contribution in [2.75, 3.05) is 19.3 Å². The molecule has 0 radical (unpaired) electrons. The molecule has 1 aliphatic heterocycles. The lowest BCUT2D eigenvalue weighted by Crippen LogP contribution is -2.38. The quantitative estimate of drug-likeness (QED) is 0.827. The van der Waals surface area contributed by atoms with E-state index in [1.165, 1.54) is 10.6 Å². The minimum absolute atomic E-state index is 0.0588. The summed E-state index contributed by atoms with van der Waals surface area (Å²) in [7, 11) is -3.19. The van der Waals surface area contributed by atoms with E-state index in [1.54, 1.807) is 0 Å². The lowest BCUT2D eigenvalue weighted by molar-refractivity contribution is 0.243. The van der Waals surface area contributed by atoms with Crippen LogP contribution in [0.1, 0.15) is 30.5 Å². The Bertz CT molecular complexity index is 745. The molecule has 1 aromatic heterocycles. The minimum atomic E-state index is -3.19. The van der Waals surface area contributed by atoms with Crippen LogP contribution in [0.2, 0.25) is 0 Å². The Balaban J connectivity index is 1.62. The van der Waals surface area contributed by atoms with Gasteiger partial charge >= 0.3 is 0 Å². The van der Waals surface area contributed by atoms with Gasteiger partial charge in [0.2, 0.25) is 15.9 Å². The summed E-state index contributed by atoms with van der Waals surface area (Å²) in [5, 5.41) is 8.03. The third-order valence-corrected chi connectivity index (χ3v) is 5.06. The van der Waals surface area contributed by atoms with Crippen LogP contribution in [0.25, 0.3) is 0 Å². The largest absolute Gasteiger partial charge is 0.484 e. The van der Waals surface area contributed by atoms with Crippen LogP contribution in [0.3, 0.4) is 0 Å². The third-order valence-electron chi connectivity index (χ3n) is 3.79. The van der Waals surface area contributed by atoms with Gasteiger partial charge in [0.05, 0.1) is 12.2 Å². The molecule has 2 heterocycles. The smallest absolute Gasteiger partial charge is 0.253 e. The molecular formula is C15H19N3O4S. The maximum absolute atomic E-state index is 11.7. The minimum Gasteiger partial charge on any atom is -0.484 e. The summed E-state index contributed by atoms with van der Waals surface area (Å²) in [6.07, 6.45) is 2.85. The van der Waals surface area contributed by atoms with E-state index in [-0.39, 0.29) is 12.5 Å². The molecule has 7 nitrogen and oxygen atoms in total. The molecule has 0 bridgehead atoms. The highest BCUT2D eigenvalue weighted by Gasteiger charge is 2.30. The van der Waals surface area contributed by atoms with Crippen molar-refractivity contribution in [2.24, 2.45) is 0 Å². The molecule has 0 spiro atoms. The molecule has 3 rings (SSSR count). The van der Waals surface area contributed by atoms with Gasteiger partial charge in [0.15, 0.2) is 6.61 Å². The van der Waals surface area contributed by atoms with Gasteiger partial charge in [0, 0.05) is 13.1 Å². The van der Waals surface area contributed by atoms with Crippen LogP contribution >= 0.6 is 0 Å². The van der Waals surface area contributed by atoms with Gasteiger partial charge in [-0.1, -0.05) is 18.2 Å². The van der Waals surface area contributed by atoms with Crippen LogP contribution in [-0.4, -0.2) is 42.3 Å². The summed E-state index contributed by atoms with van der Waals surface area (Å²) in [5.74, 6) is 1.54. The number of ether oxygens (including phenoxy) is 1. The van der Waals surface area contributed by atoms with Crippen molar-refractivity contribution in [3.8, 4) is 5.75 Å². The molecule has 1 aliphatic rings. The Morgan fingerprint density at radius 2 is 2.09 bits per heavy atom. The van der Waals surface area contributed by atoms with E-state index in [0.717, 1.165) is 18.6 Å². The van der Waals surface area contributed by atoms with E-state index in [2.05, 4.69) is 10.2 Å². The predicted octanol–water partition coefficient (Wildman–Crippen LogP) is 1.79. The van der Waals surface area contributed by atoms with Crippen molar-refractivity contribution in [3.05, 3.63) is 42.1 Å². The topological polar surface area (TPSA) is 85.5 Å². The first kappa shape index (κ1) is 15.9. The van der Waals surface area contributed by atoms with Gasteiger partial charge in [0.25, 0.3) is 5.89 Å². The van der Waals surface area contributed by atoms with Crippen molar-refractivity contribution in [1.82, 2.24) is 14.5 Å². The average Bonchev–Trinajstić information content (AvgIpc) is 3.02. The number of sulfonamides is 1. The van der Waals surface area contributed by atoms with Gasteiger partial charge < -0.3 is 9.15 Å². The number of benzene rings is 1. The fourth-order valence-corrected chi connectivity index (χ4v) is 3.51. The summed E-state index contributed by atoms with van der Waals surface area (Å²) in [6, 6.07) is 9.38. The van der Waals surface area contributed by atoms with Crippen LogP contribution in [0.5, 0.6) is 5.75 Å². The first-order valence-corrected chi connectivity index (χ1v) is 9.32. The fraction of sp³-hybridized carbons (Fsp3) is 0.467. The first-order valence-electron chi connectivity index (χ1n) is 7.47. The second kappa shape index (κ2) is 6.67. The Labute approximate surface area is 135 Å². The molecule has 0 saturated carbocycles. The molecule has 1 unspecified atom stereocenters. The van der Waals surface area contributed by atoms with Crippen molar-refractivity contribution >= 4 is 10.0 Å². The lowest BCUT2D eigenvalue weighted by Gasteiger charge is -2.28. The second-order valence-electron chi connectivity index (χ2n) is 5.60. The highest BCUT2D eigenvalue weighted by molar-refractivity contribution is 7.88. The summed E-state index contributed by atoms with van der Waals surface area (Å²) < 4.78 is 36.0. The zero-order valence-corrected chi connectivity index (χ0v) is 13.7. The Kier molecular flexibility index (Phi) is 4.63. The molecule has 2 aromatic rings. The zero-order valence-electron chi connectivity index (χ0n) is 12.9. The molecule has 1 atom stereocenters. The van der Waals surface area contributed by atoms with Crippen molar-refractivity contribution in [1.29, 1.82) is 0 Å². The second-order valence-corrected chi connectivity index (χ2v) is 7.58.